The van der Waals surface area contributed by atoms with Crippen LogP contribution in [0.2, 0.25) is 0 Å². The maximum Gasteiger partial charge on any atom is 0.0945 e. The normalized spacial score (nSPS) is 18.7. The molecule has 1 aromatic heterocycles. The Kier molecular flexibility index (Phi) is 4.57. The van der Waals surface area contributed by atoms with E-state index < -0.39 is 0 Å². The Hall–Kier alpha value is -0.870. The standard InChI is InChI=1S/C13H24N4/c1-3-6-17-7-4-12(5-8-17)15-10-13-9-14-11-16(13)2/h9,11-12,15H,3-8,10H2,1-2H3. The fourth-order valence-electron chi connectivity index (χ4n) is 2.48. The summed E-state index contributed by atoms with van der Waals surface area (Å²) >= 11 is 0. The summed E-state index contributed by atoms with van der Waals surface area (Å²) < 4.78 is 2.08. The van der Waals surface area contributed by atoms with E-state index in [1.165, 1.54) is 44.6 Å². The topological polar surface area (TPSA) is 33.1 Å². The highest BCUT2D eigenvalue weighted by Crippen LogP contribution is 2.11. The van der Waals surface area contributed by atoms with Crippen LogP contribution in [-0.4, -0.2) is 40.1 Å². The van der Waals surface area contributed by atoms with Crippen LogP contribution < -0.4 is 5.32 Å². The van der Waals surface area contributed by atoms with Gasteiger partial charge in [-0.3, -0.25) is 0 Å². The number of aromatic nitrogens is 2. The molecule has 1 saturated heterocycles. The molecule has 0 spiro atoms. The summed E-state index contributed by atoms with van der Waals surface area (Å²) in [5.74, 6) is 0. The Labute approximate surface area is 104 Å². The van der Waals surface area contributed by atoms with Crippen LogP contribution in [0.15, 0.2) is 12.5 Å². The van der Waals surface area contributed by atoms with E-state index in [9.17, 15) is 0 Å². The Morgan fingerprint density at radius 1 is 1.41 bits per heavy atom. The van der Waals surface area contributed by atoms with Crippen molar-refractivity contribution in [3.05, 3.63) is 18.2 Å². The van der Waals surface area contributed by atoms with Gasteiger partial charge in [-0.1, -0.05) is 6.92 Å². The van der Waals surface area contributed by atoms with Gasteiger partial charge in [0.1, 0.15) is 0 Å². The lowest BCUT2D eigenvalue weighted by molar-refractivity contribution is 0.197. The molecule has 0 unspecified atom stereocenters. The first-order valence-electron chi connectivity index (χ1n) is 6.70. The van der Waals surface area contributed by atoms with Crippen molar-refractivity contribution in [1.82, 2.24) is 19.8 Å². The van der Waals surface area contributed by atoms with Crippen molar-refractivity contribution >= 4 is 0 Å². The zero-order valence-corrected chi connectivity index (χ0v) is 11.0. The quantitative estimate of drug-likeness (QED) is 0.838. The van der Waals surface area contributed by atoms with E-state index >= 15 is 0 Å². The van der Waals surface area contributed by atoms with Gasteiger partial charge in [-0.25, -0.2) is 4.98 Å². The van der Waals surface area contributed by atoms with Crippen molar-refractivity contribution in [1.29, 1.82) is 0 Å². The zero-order valence-electron chi connectivity index (χ0n) is 11.0. The SMILES string of the molecule is CCCN1CCC(NCc2cncn2C)CC1. The molecule has 1 aromatic rings. The summed E-state index contributed by atoms with van der Waals surface area (Å²) in [6.07, 6.45) is 7.63. The summed E-state index contributed by atoms with van der Waals surface area (Å²) in [6, 6.07) is 0.679. The Bertz CT molecular complexity index is 326. The molecule has 4 nitrogen and oxygen atoms in total. The van der Waals surface area contributed by atoms with Crippen LogP contribution in [0.3, 0.4) is 0 Å². The minimum atomic E-state index is 0.679. The second-order valence-corrected chi connectivity index (χ2v) is 4.99. The van der Waals surface area contributed by atoms with Gasteiger partial charge in [-0.2, -0.15) is 0 Å². The van der Waals surface area contributed by atoms with Gasteiger partial charge in [-0.15, -0.1) is 0 Å². The zero-order chi connectivity index (χ0) is 12.1. The molecule has 0 aliphatic carbocycles. The van der Waals surface area contributed by atoms with E-state index in [2.05, 4.69) is 26.7 Å². The van der Waals surface area contributed by atoms with Crippen LogP contribution >= 0.6 is 0 Å². The maximum atomic E-state index is 4.14. The first kappa shape index (κ1) is 12.6. The van der Waals surface area contributed by atoms with Crippen LogP contribution in [0.5, 0.6) is 0 Å². The lowest BCUT2D eigenvalue weighted by atomic mass is 10.0. The lowest BCUT2D eigenvalue weighted by Crippen LogP contribution is -2.42. The lowest BCUT2D eigenvalue weighted by Gasteiger charge is -2.32. The molecule has 96 valence electrons. The molecule has 1 fully saturated rings. The van der Waals surface area contributed by atoms with Crippen molar-refractivity contribution in [2.24, 2.45) is 7.05 Å². The maximum absolute atomic E-state index is 4.14. The van der Waals surface area contributed by atoms with Gasteiger partial charge in [0.15, 0.2) is 0 Å². The molecule has 2 rings (SSSR count). The number of likely N-dealkylation sites (tertiary alicyclic amines) is 1. The van der Waals surface area contributed by atoms with Gasteiger partial charge in [0, 0.05) is 25.8 Å². The minimum absolute atomic E-state index is 0.679. The first-order valence-corrected chi connectivity index (χ1v) is 6.70. The Morgan fingerprint density at radius 3 is 2.76 bits per heavy atom. The molecule has 0 aromatic carbocycles. The second kappa shape index (κ2) is 6.17. The van der Waals surface area contributed by atoms with Gasteiger partial charge in [0.2, 0.25) is 0 Å². The van der Waals surface area contributed by atoms with Crippen LogP contribution in [-0.2, 0) is 13.6 Å². The van der Waals surface area contributed by atoms with Gasteiger partial charge in [0.25, 0.3) is 0 Å². The predicted molar refractivity (Wildman–Crippen MR) is 69.8 cm³/mol. The molecule has 2 heterocycles. The monoisotopic (exact) mass is 236 g/mol. The molecule has 1 aliphatic heterocycles. The second-order valence-electron chi connectivity index (χ2n) is 4.99. The summed E-state index contributed by atoms with van der Waals surface area (Å²) in [7, 11) is 2.05. The van der Waals surface area contributed by atoms with Crippen LogP contribution in [0.25, 0.3) is 0 Å². The van der Waals surface area contributed by atoms with Crippen LogP contribution in [0.1, 0.15) is 31.9 Å². The number of nitrogens with one attached hydrogen (secondary N) is 1. The summed E-state index contributed by atoms with van der Waals surface area (Å²) in [4.78, 5) is 6.71. The average molecular weight is 236 g/mol. The van der Waals surface area contributed by atoms with Crippen molar-refractivity contribution in [3.8, 4) is 0 Å². The van der Waals surface area contributed by atoms with Crippen molar-refractivity contribution < 1.29 is 0 Å². The van der Waals surface area contributed by atoms with Crippen LogP contribution in [0.4, 0.5) is 0 Å². The number of nitrogens with zero attached hydrogens (tertiary/aromatic N) is 3. The van der Waals surface area contributed by atoms with E-state index in [-0.39, 0.29) is 0 Å². The van der Waals surface area contributed by atoms with Crippen molar-refractivity contribution in [2.75, 3.05) is 19.6 Å². The molecule has 0 radical (unpaired) electrons. The Morgan fingerprint density at radius 2 is 2.18 bits per heavy atom. The highest BCUT2D eigenvalue weighted by atomic mass is 15.1. The average Bonchev–Trinajstić information content (AvgIpc) is 2.75. The molecule has 0 bridgehead atoms. The molecule has 1 N–H and O–H groups in total. The molecule has 17 heavy (non-hydrogen) atoms. The fourth-order valence-corrected chi connectivity index (χ4v) is 2.48. The highest BCUT2D eigenvalue weighted by molar-refractivity contribution is 4.97. The largest absolute Gasteiger partial charge is 0.337 e. The van der Waals surface area contributed by atoms with Crippen LogP contribution in [0, 0.1) is 0 Å². The third-order valence-electron chi connectivity index (χ3n) is 3.62. The van der Waals surface area contributed by atoms with E-state index in [0.717, 1.165) is 6.54 Å². The van der Waals surface area contributed by atoms with Crippen molar-refractivity contribution in [3.63, 3.8) is 0 Å². The third-order valence-corrected chi connectivity index (χ3v) is 3.62. The van der Waals surface area contributed by atoms with E-state index in [1.54, 1.807) is 0 Å². The summed E-state index contributed by atoms with van der Waals surface area (Å²) in [5.41, 5.74) is 1.26. The number of imidazole rings is 1. The third kappa shape index (κ3) is 3.54. The summed E-state index contributed by atoms with van der Waals surface area (Å²) in [5, 5.41) is 3.64. The predicted octanol–water partition coefficient (Wildman–Crippen LogP) is 1.38. The number of aryl methyl sites for hydroxylation is 1. The first-order chi connectivity index (χ1) is 8.29. The molecule has 0 amide bonds. The molecular formula is C13H24N4. The van der Waals surface area contributed by atoms with Gasteiger partial charge in [0.05, 0.1) is 12.0 Å². The number of hydrogen-bond donors (Lipinski definition) is 1. The van der Waals surface area contributed by atoms with Gasteiger partial charge >= 0.3 is 0 Å². The summed E-state index contributed by atoms with van der Waals surface area (Å²) in [6.45, 7) is 6.95. The number of rotatable bonds is 5. The number of piperidine rings is 1. The molecule has 0 atom stereocenters. The van der Waals surface area contributed by atoms with E-state index in [1.807, 2.05) is 19.6 Å². The smallest absolute Gasteiger partial charge is 0.0945 e. The van der Waals surface area contributed by atoms with Gasteiger partial charge < -0.3 is 14.8 Å². The van der Waals surface area contributed by atoms with E-state index in [4.69, 9.17) is 0 Å². The van der Waals surface area contributed by atoms with Gasteiger partial charge in [-0.05, 0) is 38.9 Å². The number of hydrogen-bond acceptors (Lipinski definition) is 3. The molecular weight excluding hydrogens is 212 g/mol. The molecule has 1 aliphatic rings. The van der Waals surface area contributed by atoms with Crippen molar-refractivity contribution in [2.45, 2.75) is 38.8 Å². The molecule has 0 saturated carbocycles. The van der Waals surface area contributed by atoms with E-state index in [0.29, 0.717) is 6.04 Å². The molecule has 4 heteroatoms. The minimum Gasteiger partial charge on any atom is -0.337 e. The highest BCUT2D eigenvalue weighted by Gasteiger charge is 2.17. The Balaban J connectivity index is 1.70. The fraction of sp³-hybridized carbons (Fsp3) is 0.769.